The highest BCUT2D eigenvalue weighted by Gasteiger charge is 2.31. The van der Waals surface area contributed by atoms with Crippen LogP contribution in [0.4, 0.5) is 4.79 Å². The van der Waals surface area contributed by atoms with Gasteiger partial charge in [-0.1, -0.05) is 0 Å². The number of nitrogens with one attached hydrogen (secondary N) is 2. The molecule has 1 aliphatic heterocycles. The fourth-order valence-corrected chi connectivity index (χ4v) is 1.41. The van der Waals surface area contributed by atoms with E-state index >= 15 is 0 Å². The average molecular weight is 184 g/mol. The standard InChI is InChI=1S/C6H9BN2O2S/c7-6(11)9-4-1-3(2-12)8-5(4)10/h3-4,12H,1-2H2,(H,8,10)(H,9,11)/t3-,4-/m0/s1. The summed E-state index contributed by atoms with van der Waals surface area (Å²) in [4.78, 5) is 21.5. The molecule has 1 rings (SSSR count). The van der Waals surface area contributed by atoms with Crippen LogP contribution in [0.15, 0.2) is 0 Å². The summed E-state index contributed by atoms with van der Waals surface area (Å²) in [6.07, 6.45) is 0.561. The van der Waals surface area contributed by atoms with Crippen molar-refractivity contribution in [3.63, 3.8) is 0 Å². The molecule has 0 saturated carbocycles. The number of rotatable bonds is 2. The van der Waals surface area contributed by atoms with Crippen LogP contribution in [0.3, 0.4) is 0 Å². The summed E-state index contributed by atoms with van der Waals surface area (Å²) in [5, 5.41) is 5.02. The van der Waals surface area contributed by atoms with Crippen LogP contribution in [0.2, 0.25) is 0 Å². The molecule has 1 fully saturated rings. The van der Waals surface area contributed by atoms with Gasteiger partial charge >= 0.3 is 0 Å². The van der Waals surface area contributed by atoms with Crippen LogP contribution in [0.1, 0.15) is 6.42 Å². The molecule has 0 aromatic carbocycles. The predicted octanol–water partition coefficient (Wildman–Crippen LogP) is -0.949. The van der Waals surface area contributed by atoms with Gasteiger partial charge in [-0.3, -0.25) is 9.59 Å². The number of carbonyl (C=O) groups is 2. The van der Waals surface area contributed by atoms with Gasteiger partial charge in [0.15, 0.2) is 5.81 Å². The Labute approximate surface area is 77.3 Å². The molecule has 1 saturated heterocycles. The fraction of sp³-hybridized carbons (Fsp3) is 0.667. The van der Waals surface area contributed by atoms with Gasteiger partial charge in [-0.05, 0) is 6.42 Å². The van der Waals surface area contributed by atoms with Crippen LogP contribution in [0, 0.1) is 0 Å². The second kappa shape index (κ2) is 3.84. The summed E-state index contributed by atoms with van der Waals surface area (Å²) in [5.41, 5.74) is 0. The second-order valence-electron chi connectivity index (χ2n) is 2.68. The minimum Gasteiger partial charge on any atom is -0.354 e. The first-order valence-corrected chi connectivity index (χ1v) is 4.24. The van der Waals surface area contributed by atoms with Crippen LogP contribution in [-0.4, -0.2) is 37.4 Å². The van der Waals surface area contributed by atoms with Crippen molar-refractivity contribution in [2.75, 3.05) is 5.75 Å². The van der Waals surface area contributed by atoms with Crippen molar-refractivity contribution in [2.24, 2.45) is 0 Å². The van der Waals surface area contributed by atoms with Crippen molar-refractivity contribution >= 4 is 32.2 Å². The van der Waals surface area contributed by atoms with E-state index in [2.05, 4.69) is 23.3 Å². The highest BCUT2D eigenvalue weighted by atomic mass is 32.1. The molecule has 1 heterocycles. The average Bonchev–Trinajstić information content (AvgIpc) is 2.31. The van der Waals surface area contributed by atoms with Crippen LogP contribution < -0.4 is 10.6 Å². The Hall–Kier alpha value is -0.645. The molecule has 0 aromatic heterocycles. The lowest BCUT2D eigenvalue weighted by molar-refractivity contribution is -0.120. The summed E-state index contributed by atoms with van der Waals surface area (Å²) in [6.45, 7) is 0. The lowest BCUT2D eigenvalue weighted by Crippen LogP contribution is -2.39. The Bertz CT molecular complexity index is 212. The molecule has 6 heteroatoms. The van der Waals surface area contributed by atoms with Gasteiger partial charge in [-0.15, -0.1) is 0 Å². The topological polar surface area (TPSA) is 58.2 Å². The summed E-state index contributed by atoms with van der Waals surface area (Å²) in [6, 6.07) is -0.447. The Morgan fingerprint density at radius 2 is 2.50 bits per heavy atom. The van der Waals surface area contributed by atoms with Gasteiger partial charge in [0.25, 0.3) is 0 Å². The zero-order valence-corrected chi connectivity index (χ0v) is 7.30. The molecule has 0 unspecified atom stereocenters. The highest BCUT2D eigenvalue weighted by Crippen LogP contribution is 2.08. The largest absolute Gasteiger partial charge is 0.354 e. The molecule has 4 nitrogen and oxygen atoms in total. The van der Waals surface area contributed by atoms with Gasteiger partial charge in [-0.2, -0.15) is 12.6 Å². The smallest absolute Gasteiger partial charge is 0.242 e. The van der Waals surface area contributed by atoms with Crippen molar-refractivity contribution in [1.29, 1.82) is 0 Å². The first kappa shape index (κ1) is 9.44. The minimum absolute atomic E-state index is 0.0395. The number of thiol groups is 1. The number of amides is 2. The monoisotopic (exact) mass is 184 g/mol. The van der Waals surface area contributed by atoms with Crippen LogP contribution in [0.5, 0.6) is 0 Å². The third-order valence-corrected chi connectivity index (χ3v) is 2.16. The molecular formula is C6H9BN2O2S. The summed E-state index contributed by atoms with van der Waals surface area (Å²) < 4.78 is 0. The minimum atomic E-state index is -0.671. The van der Waals surface area contributed by atoms with E-state index in [0.717, 1.165) is 0 Å². The lowest BCUT2D eigenvalue weighted by atomic mass is 10.1. The number of hydrogen-bond acceptors (Lipinski definition) is 3. The SMILES string of the molecule is [B]C(=O)N[C@H]1C[C@@H](CS)NC1=O. The summed E-state index contributed by atoms with van der Waals surface area (Å²) >= 11 is 4.03. The first-order valence-electron chi connectivity index (χ1n) is 3.60. The molecule has 0 aliphatic carbocycles. The third kappa shape index (κ3) is 2.17. The van der Waals surface area contributed by atoms with Crippen LogP contribution in [-0.2, 0) is 4.79 Å². The molecule has 12 heavy (non-hydrogen) atoms. The zero-order valence-electron chi connectivity index (χ0n) is 6.41. The van der Waals surface area contributed by atoms with E-state index in [4.69, 9.17) is 7.85 Å². The van der Waals surface area contributed by atoms with Crippen molar-refractivity contribution < 1.29 is 9.59 Å². The Kier molecular flexibility index (Phi) is 3.02. The van der Waals surface area contributed by atoms with Crippen molar-refractivity contribution in [3.8, 4) is 0 Å². The number of carbonyl (C=O) groups excluding carboxylic acids is 2. The molecule has 0 spiro atoms. The van der Waals surface area contributed by atoms with E-state index in [1.165, 1.54) is 0 Å². The molecule has 2 N–H and O–H groups in total. The third-order valence-electron chi connectivity index (χ3n) is 1.72. The van der Waals surface area contributed by atoms with Gasteiger partial charge in [0.1, 0.15) is 6.04 Å². The van der Waals surface area contributed by atoms with Gasteiger partial charge in [0, 0.05) is 11.8 Å². The molecule has 2 radical (unpaired) electrons. The second-order valence-corrected chi connectivity index (χ2v) is 3.05. The predicted molar refractivity (Wildman–Crippen MR) is 48.5 cm³/mol. The van der Waals surface area contributed by atoms with Crippen LogP contribution in [0.25, 0.3) is 0 Å². The van der Waals surface area contributed by atoms with E-state index in [0.29, 0.717) is 12.2 Å². The van der Waals surface area contributed by atoms with Gasteiger partial charge in [0.2, 0.25) is 13.8 Å². The van der Waals surface area contributed by atoms with E-state index in [1.54, 1.807) is 0 Å². The Morgan fingerprint density at radius 1 is 1.83 bits per heavy atom. The highest BCUT2D eigenvalue weighted by molar-refractivity contribution is 7.80. The van der Waals surface area contributed by atoms with E-state index in [-0.39, 0.29) is 11.9 Å². The molecule has 2 amide bonds. The molecule has 64 valence electrons. The quantitative estimate of drug-likeness (QED) is 0.383. The van der Waals surface area contributed by atoms with Crippen molar-refractivity contribution in [1.82, 2.24) is 10.6 Å². The van der Waals surface area contributed by atoms with Gasteiger partial charge in [0.05, 0.1) is 0 Å². The molecule has 0 aromatic rings. The number of hydrogen-bond donors (Lipinski definition) is 3. The van der Waals surface area contributed by atoms with Crippen molar-refractivity contribution in [3.05, 3.63) is 0 Å². The molecular weight excluding hydrogens is 175 g/mol. The summed E-state index contributed by atoms with van der Waals surface area (Å²) in [7, 11) is 4.87. The van der Waals surface area contributed by atoms with Gasteiger partial charge in [-0.25, -0.2) is 0 Å². The van der Waals surface area contributed by atoms with Gasteiger partial charge < -0.3 is 10.6 Å². The maximum atomic E-state index is 11.1. The normalized spacial score (nSPS) is 28.2. The maximum absolute atomic E-state index is 11.1. The van der Waals surface area contributed by atoms with E-state index in [9.17, 15) is 9.59 Å². The first-order chi connectivity index (χ1) is 5.63. The summed E-state index contributed by atoms with van der Waals surface area (Å²) in [5.74, 6) is -0.286. The van der Waals surface area contributed by atoms with Crippen molar-refractivity contribution in [2.45, 2.75) is 18.5 Å². The lowest BCUT2D eigenvalue weighted by Gasteiger charge is -2.06. The molecule has 2 atom stereocenters. The maximum Gasteiger partial charge on any atom is 0.242 e. The Morgan fingerprint density at radius 3 is 2.92 bits per heavy atom. The Balaban J connectivity index is 2.46. The zero-order chi connectivity index (χ0) is 9.14. The molecule has 0 bridgehead atoms. The molecule has 1 aliphatic rings. The van der Waals surface area contributed by atoms with E-state index in [1.807, 2.05) is 0 Å². The fourth-order valence-electron chi connectivity index (χ4n) is 1.17. The van der Waals surface area contributed by atoms with Crippen LogP contribution >= 0.6 is 12.6 Å². The van der Waals surface area contributed by atoms with E-state index < -0.39 is 11.8 Å².